The highest BCUT2D eigenvalue weighted by Crippen LogP contribution is 2.30. The molecule has 2 N–H and O–H groups in total. The third kappa shape index (κ3) is 2.90. The van der Waals surface area contributed by atoms with E-state index < -0.39 is 18.0 Å². The monoisotopic (exact) mass is 329 g/mol. The lowest BCUT2D eigenvalue weighted by atomic mass is 10.1. The average Bonchev–Trinajstić information content (AvgIpc) is 2.59. The van der Waals surface area contributed by atoms with Crippen LogP contribution in [0.1, 0.15) is 17.3 Å². The fourth-order valence-electron chi connectivity index (χ4n) is 3.04. The summed E-state index contributed by atoms with van der Waals surface area (Å²) in [6, 6.07) is 7.19. The number of esters is 1. The second kappa shape index (κ2) is 6.45. The van der Waals surface area contributed by atoms with Gasteiger partial charge in [-0.3, -0.25) is 9.78 Å². The molecule has 1 aromatic carbocycles. The summed E-state index contributed by atoms with van der Waals surface area (Å²) in [5, 5.41) is 0.812. The molecule has 2 atom stereocenters. The number of fused-ring (bicyclic) bond motifs is 1. The van der Waals surface area contributed by atoms with Gasteiger partial charge in [-0.25, -0.2) is 4.79 Å². The van der Waals surface area contributed by atoms with E-state index in [4.69, 9.17) is 15.2 Å². The van der Waals surface area contributed by atoms with Gasteiger partial charge in [0.25, 0.3) is 5.91 Å². The molecule has 0 saturated carbocycles. The lowest BCUT2D eigenvalue weighted by Crippen LogP contribution is -2.50. The molecule has 0 spiro atoms. The zero-order valence-corrected chi connectivity index (χ0v) is 13.6. The fraction of sp³-hybridized carbons (Fsp3) is 0.353. The predicted octanol–water partition coefficient (Wildman–Crippen LogP) is 1.10. The Labute approximate surface area is 139 Å². The smallest absolute Gasteiger partial charge is 0.336 e. The van der Waals surface area contributed by atoms with Crippen LogP contribution in [0, 0.1) is 0 Å². The summed E-state index contributed by atoms with van der Waals surface area (Å²) in [5.74, 6) is -0.921. The van der Waals surface area contributed by atoms with Gasteiger partial charge in [0, 0.05) is 23.8 Å². The van der Waals surface area contributed by atoms with Crippen molar-refractivity contribution in [3.63, 3.8) is 0 Å². The molecule has 1 aliphatic heterocycles. The fourth-order valence-corrected chi connectivity index (χ4v) is 3.04. The van der Waals surface area contributed by atoms with E-state index in [0.29, 0.717) is 24.2 Å². The van der Waals surface area contributed by atoms with E-state index in [1.54, 1.807) is 18.3 Å². The molecule has 2 heterocycles. The molecule has 7 heteroatoms. The SMILES string of the molecule is COC(=O)[C@H]1CN(c2ccc(C(N)=O)c3ncccc23)C[C@@H](C)O1. The molecule has 2 aromatic rings. The van der Waals surface area contributed by atoms with E-state index in [2.05, 4.69) is 4.98 Å². The first-order chi connectivity index (χ1) is 11.5. The molecule has 0 bridgehead atoms. The molecule has 1 amide bonds. The second-order valence-electron chi connectivity index (χ2n) is 5.76. The molecule has 1 saturated heterocycles. The minimum Gasteiger partial charge on any atom is -0.467 e. The second-order valence-corrected chi connectivity index (χ2v) is 5.76. The van der Waals surface area contributed by atoms with Crippen LogP contribution in [0.4, 0.5) is 5.69 Å². The molecule has 0 aliphatic carbocycles. The number of nitrogens with two attached hydrogens (primary N) is 1. The number of aromatic nitrogens is 1. The molecule has 7 nitrogen and oxygen atoms in total. The molecular weight excluding hydrogens is 310 g/mol. The van der Waals surface area contributed by atoms with E-state index in [-0.39, 0.29) is 6.10 Å². The van der Waals surface area contributed by atoms with Crippen molar-refractivity contribution >= 4 is 28.5 Å². The van der Waals surface area contributed by atoms with Crippen molar-refractivity contribution in [3.8, 4) is 0 Å². The van der Waals surface area contributed by atoms with Crippen LogP contribution in [-0.4, -0.2) is 49.3 Å². The third-order valence-electron chi connectivity index (χ3n) is 4.08. The molecule has 3 rings (SSSR count). The maximum absolute atomic E-state index is 11.8. The van der Waals surface area contributed by atoms with Gasteiger partial charge >= 0.3 is 5.97 Å². The van der Waals surface area contributed by atoms with Gasteiger partial charge in [0.1, 0.15) is 0 Å². The van der Waals surface area contributed by atoms with Crippen LogP contribution in [0.25, 0.3) is 10.9 Å². The topological polar surface area (TPSA) is 94.8 Å². The molecule has 126 valence electrons. The van der Waals surface area contributed by atoms with Crippen molar-refractivity contribution in [2.24, 2.45) is 5.73 Å². The highest BCUT2D eigenvalue weighted by Gasteiger charge is 2.32. The lowest BCUT2D eigenvalue weighted by molar-refractivity contribution is -0.158. The number of carbonyl (C=O) groups excluding carboxylic acids is 2. The minimum absolute atomic E-state index is 0.134. The molecule has 0 radical (unpaired) electrons. The van der Waals surface area contributed by atoms with Crippen LogP contribution in [0.3, 0.4) is 0 Å². The van der Waals surface area contributed by atoms with Gasteiger partial charge in [-0.05, 0) is 31.2 Å². The van der Waals surface area contributed by atoms with E-state index in [1.165, 1.54) is 7.11 Å². The van der Waals surface area contributed by atoms with Crippen LogP contribution >= 0.6 is 0 Å². The number of benzene rings is 1. The number of rotatable bonds is 3. The summed E-state index contributed by atoms with van der Waals surface area (Å²) in [6.45, 7) is 2.89. The summed E-state index contributed by atoms with van der Waals surface area (Å²) >= 11 is 0. The largest absolute Gasteiger partial charge is 0.467 e. The molecule has 24 heavy (non-hydrogen) atoms. The Kier molecular flexibility index (Phi) is 4.35. The van der Waals surface area contributed by atoms with Gasteiger partial charge in [-0.1, -0.05) is 0 Å². The lowest BCUT2D eigenvalue weighted by Gasteiger charge is -2.37. The Balaban J connectivity index is 2.04. The number of methoxy groups -OCH3 is 1. The molecule has 1 aromatic heterocycles. The van der Waals surface area contributed by atoms with Gasteiger partial charge in [0.15, 0.2) is 6.10 Å². The van der Waals surface area contributed by atoms with Gasteiger partial charge in [-0.15, -0.1) is 0 Å². The number of hydrogen-bond donors (Lipinski definition) is 1. The van der Waals surface area contributed by atoms with Gasteiger partial charge in [-0.2, -0.15) is 0 Å². The van der Waals surface area contributed by atoms with E-state index in [0.717, 1.165) is 11.1 Å². The number of hydrogen-bond acceptors (Lipinski definition) is 6. The number of ether oxygens (including phenoxy) is 2. The summed E-state index contributed by atoms with van der Waals surface area (Å²) < 4.78 is 10.5. The maximum atomic E-state index is 11.8. The van der Waals surface area contributed by atoms with Crippen LogP contribution in [0.15, 0.2) is 30.5 Å². The summed E-state index contributed by atoms with van der Waals surface area (Å²) in [5.41, 5.74) is 7.25. The summed E-state index contributed by atoms with van der Waals surface area (Å²) in [7, 11) is 1.34. The molecule has 1 fully saturated rings. The van der Waals surface area contributed by atoms with E-state index in [1.807, 2.05) is 24.0 Å². The number of carbonyl (C=O) groups is 2. The summed E-state index contributed by atoms with van der Waals surface area (Å²) in [4.78, 5) is 29.8. The average molecular weight is 329 g/mol. The number of pyridine rings is 1. The van der Waals surface area contributed by atoms with Gasteiger partial charge < -0.3 is 20.1 Å². The zero-order valence-electron chi connectivity index (χ0n) is 13.6. The van der Waals surface area contributed by atoms with Crippen LogP contribution in [0.5, 0.6) is 0 Å². The Hall–Kier alpha value is -2.67. The van der Waals surface area contributed by atoms with Gasteiger partial charge in [0.2, 0.25) is 0 Å². The Morgan fingerprint density at radius 3 is 2.83 bits per heavy atom. The van der Waals surface area contributed by atoms with Crippen LogP contribution < -0.4 is 10.6 Å². The Morgan fingerprint density at radius 2 is 2.12 bits per heavy atom. The number of nitrogens with zero attached hydrogens (tertiary/aromatic N) is 2. The van der Waals surface area contributed by atoms with Crippen molar-refractivity contribution in [2.45, 2.75) is 19.1 Å². The van der Waals surface area contributed by atoms with Crippen molar-refractivity contribution in [1.29, 1.82) is 0 Å². The first kappa shape index (κ1) is 16.2. The molecule has 0 unspecified atom stereocenters. The van der Waals surface area contributed by atoms with E-state index in [9.17, 15) is 9.59 Å². The Morgan fingerprint density at radius 1 is 1.33 bits per heavy atom. The van der Waals surface area contributed by atoms with Crippen molar-refractivity contribution in [1.82, 2.24) is 4.98 Å². The van der Waals surface area contributed by atoms with Crippen molar-refractivity contribution in [2.75, 3.05) is 25.1 Å². The Bertz CT molecular complexity index is 792. The maximum Gasteiger partial charge on any atom is 0.336 e. The summed E-state index contributed by atoms with van der Waals surface area (Å²) in [6.07, 6.45) is 0.837. The number of amides is 1. The van der Waals surface area contributed by atoms with Crippen molar-refractivity contribution in [3.05, 3.63) is 36.0 Å². The normalized spacial score (nSPS) is 20.8. The molecular formula is C17H19N3O4. The van der Waals surface area contributed by atoms with Gasteiger partial charge in [0.05, 0.1) is 30.8 Å². The quantitative estimate of drug-likeness (QED) is 0.847. The van der Waals surface area contributed by atoms with Crippen LogP contribution in [0.2, 0.25) is 0 Å². The number of primary amides is 1. The zero-order chi connectivity index (χ0) is 17.3. The van der Waals surface area contributed by atoms with Crippen LogP contribution in [-0.2, 0) is 14.3 Å². The predicted molar refractivity (Wildman–Crippen MR) is 88.8 cm³/mol. The first-order valence-electron chi connectivity index (χ1n) is 7.67. The standard InChI is InChI=1S/C17H19N3O4/c1-10-8-20(9-14(24-10)17(22)23-2)13-6-5-12(16(18)21)15-11(13)4-3-7-19-15/h3-7,10,14H,8-9H2,1-2H3,(H2,18,21)/t10-,14-/m1/s1. The minimum atomic E-state index is -0.652. The number of morpholine rings is 1. The highest BCUT2D eigenvalue weighted by molar-refractivity contribution is 6.08. The number of anilines is 1. The van der Waals surface area contributed by atoms with Crippen molar-refractivity contribution < 1.29 is 19.1 Å². The highest BCUT2D eigenvalue weighted by atomic mass is 16.6. The molecule has 1 aliphatic rings. The van der Waals surface area contributed by atoms with E-state index >= 15 is 0 Å². The first-order valence-corrected chi connectivity index (χ1v) is 7.67. The third-order valence-corrected chi connectivity index (χ3v) is 4.08.